The van der Waals surface area contributed by atoms with Crippen molar-refractivity contribution >= 4 is 40.8 Å². The van der Waals surface area contributed by atoms with Gasteiger partial charge < -0.3 is 20.0 Å². The number of halogens is 2. The molecule has 2 saturated heterocycles. The Kier molecular flexibility index (Phi) is 8.05. The van der Waals surface area contributed by atoms with Crippen LogP contribution in [0.3, 0.4) is 0 Å². The molecule has 172 valence electrons. The highest BCUT2D eigenvalue weighted by Gasteiger charge is 2.21. The first-order valence-electron chi connectivity index (χ1n) is 11.0. The summed E-state index contributed by atoms with van der Waals surface area (Å²) in [5, 5.41) is 3.80. The van der Waals surface area contributed by atoms with Gasteiger partial charge in [0.15, 0.2) is 5.16 Å². The van der Waals surface area contributed by atoms with E-state index in [4.69, 9.17) is 11.6 Å². The lowest BCUT2D eigenvalue weighted by molar-refractivity contribution is -0.118. The minimum atomic E-state index is -0.205. The van der Waals surface area contributed by atoms with Gasteiger partial charge in [0.05, 0.1) is 11.4 Å². The maximum Gasteiger partial charge on any atom is 0.230 e. The molecule has 1 aromatic heterocycles. The molecule has 3 heterocycles. The molecular weight excluding hydrogens is 451 g/mol. The zero-order valence-electron chi connectivity index (χ0n) is 18.0. The van der Waals surface area contributed by atoms with E-state index in [1.807, 2.05) is 11.0 Å². The lowest BCUT2D eigenvalue weighted by Gasteiger charge is -2.36. The fourth-order valence-corrected chi connectivity index (χ4v) is 4.95. The van der Waals surface area contributed by atoms with Crippen LogP contribution in [0.4, 0.5) is 15.9 Å². The Morgan fingerprint density at radius 3 is 2.53 bits per heavy atom. The number of carbonyl (C=O) groups excluding carboxylic acids is 1. The number of anilines is 2. The van der Waals surface area contributed by atoms with Crippen LogP contribution >= 0.6 is 23.4 Å². The van der Waals surface area contributed by atoms with Gasteiger partial charge in [-0.15, -0.1) is 0 Å². The third-order valence-corrected chi connectivity index (χ3v) is 6.78. The minimum Gasteiger partial charge on any atom is -0.366 e. The van der Waals surface area contributed by atoms with Crippen LogP contribution in [0.1, 0.15) is 12.8 Å². The molecule has 0 aliphatic carbocycles. The fourth-order valence-electron chi connectivity index (χ4n) is 4.04. The zero-order valence-corrected chi connectivity index (χ0v) is 19.5. The lowest BCUT2D eigenvalue weighted by Crippen LogP contribution is -2.47. The number of likely N-dealkylation sites (tertiary alicyclic amines) is 1. The topological polar surface area (TPSA) is 64.6 Å². The largest absolute Gasteiger partial charge is 0.366 e. The van der Waals surface area contributed by atoms with Gasteiger partial charge in [-0.1, -0.05) is 35.5 Å². The van der Waals surface area contributed by atoms with Crippen molar-refractivity contribution in [1.29, 1.82) is 0 Å². The monoisotopic (exact) mass is 478 g/mol. The second-order valence-corrected chi connectivity index (χ2v) is 9.27. The Hall–Kier alpha value is -2.10. The van der Waals surface area contributed by atoms with Crippen molar-refractivity contribution in [2.45, 2.75) is 18.0 Å². The minimum absolute atomic E-state index is 0.0298. The van der Waals surface area contributed by atoms with Crippen molar-refractivity contribution in [3.8, 4) is 0 Å². The van der Waals surface area contributed by atoms with Gasteiger partial charge in [-0.05, 0) is 38.1 Å². The number of hydrogen-bond donors (Lipinski definition) is 1. The molecule has 1 aromatic carbocycles. The normalized spacial score (nSPS) is 17.1. The molecule has 0 radical (unpaired) electrons. The molecule has 2 aliphatic rings. The third-order valence-electron chi connectivity index (χ3n) is 5.74. The number of nitrogens with one attached hydrogen (secondary N) is 1. The average molecular weight is 479 g/mol. The van der Waals surface area contributed by atoms with Crippen LogP contribution in [0.15, 0.2) is 35.5 Å². The number of para-hydroxylation sites is 1. The Labute approximate surface area is 197 Å². The quantitative estimate of drug-likeness (QED) is 0.355. The highest BCUT2D eigenvalue weighted by Crippen LogP contribution is 2.25. The molecule has 2 aliphatic heterocycles. The van der Waals surface area contributed by atoms with Crippen molar-refractivity contribution in [2.24, 2.45) is 0 Å². The van der Waals surface area contributed by atoms with E-state index in [9.17, 15) is 9.18 Å². The maximum atomic E-state index is 14.1. The SMILES string of the molecule is O=C(CSc1nc(Cl)cc(N2CCN(c3ccccc3F)CC2)n1)NCCN1CCCC1. The van der Waals surface area contributed by atoms with Crippen LogP contribution in [0.25, 0.3) is 0 Å². The first-order chi connectivity index (χ1) is 15.6. The summed E-state index contributed by atoms with van der Waals surface area (Å²) < 4.78 is 14.1. The highest BCUT2D eigenvalue weighted by molar-refractivity contribution is 7.99. The molecule has 0 saturated carbocycles. The predicted octanol–water partition coefficient (Wildman–Crippen LogP) is 2.90. The zero-order chi connectivity index (χ0) is 22.3. The molecule has 0 bridgehead atoms. The van der Waals surface area contributed by atoms with Crippen LogP contribution < -0.4 is 15.1 Å². The van der Waals surface area contributed by atoms with Crippen molar-refractivity contribution in [1.82, 2.24) is 20.2 Å². The van der Waals surface area contributed by atoms with E-state index in [1.165, 1.54) is 30.7 Å². The van der Waals surface area contributed by atoms with Crippen LogP contribution in [0.2, 0.25) is 5.15 Å². The Morgan fingerprint density at radius 2 is 1.78 bits per heavy atom. The number of aromatic nitrogens is 2. The van der Waals surface area contributed by atoms with Gasteiger partial charge in [0.25, 0.3) is 0 Å². The van der Waals surface area contributed by atoms with E-state index in [-0.39, 0.29) is 17.5 Å². The second kappa shape index (κ2) is 11.2. The third kappa shape index (κ3) is 6.24. The number of piperazine rings is 1. The summed E-state index contributed by atoms with van der Waals surface area (Å²) in [5.74, 6) is 0.747. The number of hydrogen-bond acceptors (Lipinski definition) is 7. The Morgan fingerprint density at radius 1 is 1.06 bits per heavy atom. The molecule has 0 atom stereocenters. The van der Waals surface area contributed by atoms with Crippen molar-refractivity contribution in [2.75, 3.05) is 67.9 Å². The van der Waals surface area contributed by atoms with E-state index < -0.39 is 0 Å². The first-order valence-corrected chi connectivity index (χ1v) is 12.4. The number of benzene rings is 1. The van der Waals surface area contributed by atoms with E-state index in [0.717, 1.165) is 25.5 Å². The van der Waals surface area contributed by atoms with Crippen molar-refractivity contribution in [3.63, 3.8) is 0 Å². The average Bonchev–Trinajstić information content (AvgIpc) is 3.31. The van der Waals surface area contributed by atoms with E-state index in [0.29, 0.717) is 48.7 Å². The molecular formula is C22H28ClFN6OS. The number of rotatable bonds is 8. The molecule has 7 nitrogen and oxygen atoms in total. The summed E-state index contributed by atoms with van der Waals surface area (Å²) in [6.07, 6.45) is 2.49. The molecule has 10 heteroatoms. The van der Waals surface area contributed by atoms with Gasteiger partial charge in [0, 0.05) is 45.3 Å². The van der Waals surface area contributed by atoms with E-state index >= 15 is 0 Å². The summed E-state index contributed by atoms with van der Waals surface area (Å²) in [6.45, 7) is 6.57. The lowest BCUT2D eigenvalue weighted by atomic mass is 10.2. The van der Waals surface area contributed by atoms with E-state index in [1.54, 1.807) is 18.2 Å². The Bertz CT molecular complexity index is 921. The van der Waals surface area contributed by atoms with Crippen molar-refractivity contribution < 1.29 is 9.18 Å². The van der Waals surface area contributed by atoms with Gasteiger partial charge in [-0.3, -0.25) is 4.79 Å². The summed E-state index contributed by atoms with van der Waals surface area (Å²) >= 11 is 7.51. The highest BCUT2D eigenvalue weighted by atomic mass is 35.5. The second-order valence-electron chi connectivity index (χ2n) is 7.94. The first kappa shape index (κ1) is 23.1. The van der Waals surface area contributed by atoms with Gasteiger partial charge in [-0.2, -0.15) is 0 Å². The summed E-state index contributed by atoms with van der Waals surface area (Å²) in [7, 11) is 0. The summed E-state index contributed by atoms with van der Waals surface area (Å²) in [4.78, 5) is 27.6. The standard InChI is InChI=1S/C22H28ClFN6OS/c23-19-15-20(30-13-11-29(12-14-30)18-6-2-1-5-17(18)24)27-22(26-19)32-16-21(31)25-7-10-28-8-3-4-9-28/h1-2,5-6,15H,3-4,7-14,16H2,(H,25,31). The van der Waals surface area contributed by atoms with Crippen molar-refractivity contribution in [3.05, 3.63) is 41.3 Å². The van der Waals surface area contributed by atoms with Crippen LogP contribution in [0, 0.1) is 5.82 Å². The smallest absolute Gasteiger partial charge is 0.230 e. The molecule has 1 N–H and O–H groups in total. The van der Waals surface area contributed by atoms with Gasteiger partial charge >= 0.3 is 0 Å². The summed E-state index contributed by atoms with van der Waals surface area (Å²) in [5.41, 5.74) is 0.625. The Balaban J connectivity index is 1.27. The molecule has 2 aromatic rings. The predicted molar refractivity (Wildman–Crippen MR) is 127 cm³/mol. The van der Waals surface area contributed by atoms with Crippen LogP contribution in [0.5, 0.6) is 0 Å². The van der Waals surface area contributed by atoms with Gasteiger partial charge in [-0.25, -0.2) is 14.4 Å². The molecule has 4 rings (SSSR count). The van der Waals surface area contributed by atoms with Crippen LogP contribution in [-0.4, -0.2) is 78.9 Å². The molecule has 2 fully saturated rings. The number of nitrogens with zero attached hydrogens (tertiary/aromatic N) is 5. The van der Waals surface area contributed by atoms with Gasteiger partial charge in [0.1, 0.15) is 16.8 Å². The fraction of sp³-hybridized carbons (Fsp3) is 0.500. The number of thioether (sulfide) groups is 1. The summed E-state index contributed by atoms with van der Waals surface area (Å²) in [6, 6.07) is 8.57. The number of carbonyl (C=O) groups is 1. The molecule has 32 heavy (non-hydrogen) atoms. The number of amides is 1. The molecule has 0 unspecified atom stereocenters. The molecule has 0 spiro atoms. The maximum absolute atomic E-state index is 14.1. The molecule has 1 amide bonds. The van der Waals surface area contributed by atoms with E-state index in [2.05, 4.69) is 25.1 Å². The van der Waals surface area contributed by atoms with Crippen LogP contribution in [-0.2, 0) is 4.79 Å². The van der Waals surface area contributed by atoms with Gasteiger partial charge in [0.2, 0.25) is 5.91 Å².